The number of benzene rings is 1. The van der Waals surface area contributed by atoms with Crippen molar-refractivity contribution in [2.24, 2.45) is 5.10 Å². The molecule has 0 N–H and O–H groups in total. The van der Waals surface area contributed by atoms with Gasteiger partial charge in [0, 0.05) is 46.1 Å². The largest absolute Gasteiger partial charge is 0.366 e. The fourth-order valence-corrected chi connectivity index (χ4v) is 2.99. The first-order chi connectivity index (χ1) is 12.0. The van der Waals surface area contributed by atoms with E-state index in [2.05, 4.69) is 5.10 Å². The minimum absolute atomic E-state index is 0.0994. The molecular weight excluding hydrogens is 325 g/mol. The molecule has 0 unspecified atom stereocenters. The number of hydrogen-bond donors (Lipinski definition) is 0. The maximum absolute atomic E-state index is 14.1. The number of carbonyl (C=O) groups excluding carboxylic acids is 2. The zero-order valence-electron chi connectivity index (χ0n) is 13.9. The van der Waals surface area contributed by atoms with E-state index in [0.717, 1.165) is 0 Å². The first-order valence-electron chi connectivity index (χ1n) is 8.07. The lowest BCUT2D eigenvalue weighted by Crippen LogP contribution is -2.51. The topological polar surface area (TPSA) is 80.0 Å². The van der Waals surface area contributed by atoms with Crippen LogP contribution in [0.15, 0.2) is 23.3 Å². The molecule has 1 fully saturated rings. The van der Waals surface area contributed by atoms with E-state index in [1.54, 1.807) is 24.1 Å². The second kappa shape index (κ2) is 6.89. The van der Waals surface area contributed by atoms with Crippen LogP contribution in [0.4, 0.5) is 10.1 Å². The van der Waals surface area contributed by atoms with Crippen LogP contribution < -0.4 is 4.90 Å². The number of hydrogen-bond acceptors (Lipinski definition) is 5. The molecule has 2 heterocycles. The van der Waals surface area contributed by atoms with Crippen molar-refractivity contribution in [2.75, 3.05) is 38.1 Å². The molecule has 2 aliphatic rings. The van der Waals surface area contributed by atoms with E-state index in [1.165, 1.54) is 11.1 Å². The highest BCUT2D eigenvalue weighted by atomic mass is 19.1. The van der Waals surface area contributed by atoms with Crippen LogP contribution in [0.2, 0.25) is 0 Å². The third kappa shape index (κ3) is 3.45. The van der Waals surface area contributed by atoms with Crippen molar-refractivity contribution in [2.45, 2.75) is 12.8 Å². The molecule has 8 heteroatoms. The van der Waals surface area contributed by atoms with Gasteiger partial charge in [0.25, 0.3) is 5.91 Å². The van der Waals surface area contributed by atoms with Crippen molar-refractivity contribution in [3.63, 3.8) is 0 Å². The number of nitrogens with zero attached hydrogens (tertiary/aromatic N) is 5. The maximum atomic E-state index is 14.1. The minimum atomic E-state index is -0.435. The van der Waals surface area contributed by atoms with Crippen molar-refractivity contribution in [1.29, 1.82) is 5.26 Å². The number of carbonyl (C=O) groups is 2. The predicted molar refractivity (Wildman–Crippen MR) is 89.3 cm³/mol. The standard InChI is InChI=1S/C17H18FN5O2/c1-21-16(24)5-3-14(20-21)17(25)23-8-6-22(7-9-23)15-4-2-12(11-19)10-13(15)18/h2,4,10H,3,5-9H2,1H3. The molecule has 3 rings (SSSR count). The molecule has 0 aromatic heterocycles. The zero-order valence-corrected chi connectivity index (χ0v) is 13.9. The molecule has 25 heavy (non-hydrogen) atoms. The summed E-state index contributed by atoms with van der Waals surface area (Å²) >= 11 is 0. The molecule has 2 amide bonds. The van der Waals surface area contributed by atoms with Crippen LogP contribution in [-0.2, 0) is 9.59 Å². The van der Waals surface area contributed by atoms with Crippen LogP contribution in [0.25, 0.3) is 0 Å². The molecule has 1 saturated heterocycles. The summed E-state index contributed by atoms with van der Waals surface area (Å²) in [4.78, 5) is 27.5. The van der Waals surface area contributed by atoms with Crippen molar-refractivity contribution >= 4 is 23.2 Å². The molecule has 1 aromatic carbocycles. The van der Waals surface area contributed by atoms with Crippen LogP contribution in [0, 0.1) is 17.1 Å². The van der Waals surface area contributed by atoms with Crippen molar-refractivity contribution in [1.82, 2.24) is 9.91 Å². The van der Waals surface area contributed by atoms with Gasteiger partial charge in [-0.15, -0.1) is 0 Å². The number of piperazine rings is 1. The van der Waals surface area contributed by atoms with Crippen molar-refractivity contribution in [3.05, 3.63) is 29.6 Å². The number of anilines is 1. The van der Waals surface area contributed by atoms with Gasteiger partial charge in [0.05, 0.1) is 17.3 Å². The summed E-state index contributed by atoms with van der Waals surface area (Å²) in [6, 6.07) is 6.31. The Morgan fingerprint density at radius 3 is 2.56 bits per heavy atom. The number of amides is 2. The Labute approximate surface area is 144 Å². The second-order valence-electron chi connectivity index (χ2n) is 6.02. The Balaban J connectivity index is 1.64. The highest BCUT2D eigenvalue weighted by molar-refractivity contribution is 6.39. The molecule has 1 aromatic rings. The summed E-state index contributed by atoms with van der Waals surface area (Å²) in [5.74, 6) is -0.701. The van der Waals surface area contributed by atoms with Gasteiger partial charge < -0.3 is 9.80 Å². The molecule has 130 valence electrons. The monoisotopic (exact) mass is 343 g/mol. The molecule has 0 saturated carbocycles. The van der Waals surface area contributed by atoms with Crippen LogP contribution >= 0.6 is 0 Å². The molecule has 0 bridgehead atoms. The zero-order chi connectivity index (χ0) is 18.0. The summed E-state index contributed by atoms with van der Waals surface area (Å²) in [5.41, 5.74) is 1.11. The van der Waals surface area contributed by atoms with Gasteiger partial charge in [-0.3, -0.25) is 9.59 Å². The summed E-state index contributed by atoms with van der Waals surface area (Å²) in [6.07, 6.45) is 0.643. The number of nitriles is 1. The second-order valence-corrected chi connectivity index (χ2v) is 6.02. The van der Waals surface area contributed by atoms with Gasteiger partial charge in [-0.2, -0.15) is 10.4 Å². The molecular formula is C17H18FN5O2. The summed E-state index contributed by atoms with van der Waals surface area (Å²) in [5, 5.41) is 14.1. The van der Waals surface area contributed by atoms with E-state index in [0.29, 0.717) is 44.0 Å². The lowest BCUT2D eigenvalue weighted by molar-refractivity contribution is -0.130. The Hall–Kier alpha value is -2.95. The van der Waals surface area contributed by atoms with Gasteiger partial charge in [-0.05, 0) is 18.2 Å². The number of halogens is 1. The average Bonchev–Trinajstić information content (AvgIpc) is 2.63. The van der Waals surface area contributed by atoms with E-state index >= 15 is 0 Å². The highest BCUT2D eigenvalue weighted by Crippen LogP contribution is 2.22. The third-order valence-electron chi connectivity index (χ3n) is 4.44. The van der Waals surface area contributed by atoms with Crippen LogP contribution in [-0.4, -0.2) is 60.7 Å². The molecule has 0 aliphatic carbocycles. The van der Waals surface area contributed by atoms with Crippen LogP contribution in [0.3, 0.4) is 0 Å². The third-order valence-corrected chi connectivity index (χ3v) is 4.44. The van der Waals surface area contributed by atoms with E-state index in [4.69, 9.17) is 5.26 Å². The van der Waals surface area contributed by atoms with Gasteiger partial charge in [0.2, 0.25) is 5.91 Å². The normalized spacial score (nSPS) is 18.0. The number of hydrazone groups is 1. The highest BCUT2D eigenvalue weighted by Gasteiger charge is 2.28. The Kier molecular flexibility index (Phi) is 4.65. The van der Waals surface area contributed by atoms with Crippen molar-refractivity contribution < 1.29 is 14.0 Å². The Morgan fingerprint density at radius 2 is 1.96 bits per heavy atom. The molecule has 0 atom stereocenters. The summed E-state index contributed by atoms with van der Waals surface area (Å²) in [6.45, 7) is 1.90. The quantitative estimate of drug-likeness (QED) is 0.801. The lowest BCUT2D eigenvalue weighted by atomic mass is 10.1. The van der Waals surface area contributed by atoms with Crippen LogP contribution in [0.1, 0.15) is 18.4 Å². The SMILES string of the molecule is CN1N=C(C(=O)N2CCN(c3ccc(C#N)cc3F)CC2)CCC1=O. The fraction of sp³-hybridized carbons (Fsp3) is 0.412. The van der Waals surface area contributed by atoms with Crippen LogP contribution in [0.5, 0.6) is 0 Å². The number of rotatable bonds is 2. The molecule has 7 nitrogen and oxygen atoms in total. The maximum Gasteiger partial charge on any atom is 0.270 e. The Bertz CT molecular complexity index is 778. The van der Waals surface area contributed by atoms with E-state index in [-0.39, 0.29) is 23.8 Å². The van der Waals surface area contributed by atoms with Gasteiger partial charge in [0.1, 0.15) is 11.5 Å². The van der Waals surface area contributed by atoms with E-state index in [1.807, 2.05) is 11.0 Å². The molecule has 2 aliphatic heterocycles. The minimum Gasteiger partial charge on any atom is -0.366 e. The summed E-state index contributed by atoms with van der Waals surface area (Å²) < 4.78 is 14.1. The first-order valence-corrected chi connectivity index (χ1v) is 8.07. The smallest absolute Gasteiger partial charge is 0.270 e. The lowest BCUT2D eigenvalue weighted by Gasteiger charge is -2.36. The van der Waals surface area contributed by atoms with Crippen molar-refractivity contribution in [3.8, 4) is 6.07 Å². The molecule has 0 spiro atoms. The van der Waals surface area contributed by atoms with Gasteiger partial charge in [0.15, 0.2) is 0 Å². The Morgan fingerprint density at radius 1 is 1.24 bits per heavy atom. The predicted octanol–water partition coefficient (Wildman–Crippen LogP) is 0.954. The summed E-state index contributed by atoms with van der Waals surface area (Å²) in [7, 11) is 1.54. The van der Waals surface area contributed by atoms with Gasteiger partial charge in [-0.1, -0.05) is 0 Å². The first kappa shape index (κ1) is 16.9. The average molecular weight is 343 g/mol. The van der Waals surface area contributed by atoms with E-state index < -0.39 is 5.82 Å². The fourth-order valence-electron chi connectivity index (χ4n) is 2.99. The van der Waals surface area contributed by atoms with Gasteiger partial charge in [-0.25, -0.2) is 9.40 Å². The molecule has 0 radical (unpaired) electrons. The van der Waals surface area contributed by atoms with E-state index in [9.17, 15) is 14.0 Å². The van der Waals surface area contributed by atoms with Gasteiger partial charge >= 0.3 is 0 Å².